The minimum Gasteiger partial charge on any atom is -0.443 e. The van der Waals surface area contributed by atoms with Gasteiger partial charge in [-0.1, -0.05) is 19.1 Å². The fourth-order valence-electron chi connectivity index (χ4n) is 4.81. The summed E-state index contributed by atoms with van der Waals surface area (Å²) in [5, 5.41) is 4.28. The van der Waals surface area contributed by atoms with Crippen LogP contribution in [0.2, 0.25) is 0 Å². The summed E-state index contributed by atoms with van der Waals surface area (Å²) in [6, 6.07) is 4.92. The van der Waals surface area contributed by atoms with Crippen molar-refractivity contribution in [3.63, 3.8) is 0 Å². The van der Waals surface area contributed by atoms with Crippen molar-refractivity contribution < 1.29 is 32.2 Å². The number of hydrogen-bond donors (Lipinski definition) is 0. The lowest BCUT2D eigenvalue weighted by atomic mass is 10.1. The van der Waals surface area contributed by atoms with Crippen molar-refractivity contribution in [2.75, 3.05) is 20.0 Å². The molecule has 0 spiro atoms. The van der Waals surface area contributed by atoms with Crippen molar-refractivity contribution in [3.8, 4) is 11.4 Å². The summed E-state index contributed by atoms with van der Waals surface area (Å²) in [7, 11) is 0. The molecule has 0 unspecified atom stereocenters. The minimum absolute atomic E-state index is 0.0315. The SMILES string of the molecule is CCCn1c(=O)c2c(nc(-c3cnn(Cc4cccc(C(F)(F)F)c4)c3)n2COC(=O)C2COCOC2)n(CC)c1=O. The third kappa shape index (κ3) is 5.74. The van der Waals surface area contributed by atoms with Gasteiger partial charge in [0.05, 0.1) is 37.1 Å². The Hall–Kier alpha value is -4.24. The molecular formula is C27H29F3N6O6. The van der Waals surface area contributed by atoms with Crippen LogP contribution in [-0.2, 0) is 51.5 Å². The standard InChI is InChI=1S/C27H29F3N6O6/c1-3-8-35-24(37)21-23(34(4-2)26(35)39)32-22(36(21)15-42-25(38)19-13-40-16-41-14-19)18-10-31-33(12-18)11-17-6-5-7-20(9-17)27(28,29)30/h5-7,9-10,12,19H,3-4,8,11,13-16H2,1-2H3. The highest BCUT2D eigenvalue weighted by Gasteiger charge is 2.30. The lowest BCUT2D eigenvalue weighted by Gasteiger charge is -2.21. The van der Waals surface area contributed by atoms with Gasteiger partial charge >= 0.3 is 17.8 Å². The molecule has 0 saturated carbocycles. The zero-order valence-corrected chi connectivity index (χ0v) is 23.0. The number of fused-ring (bicyclic) bond motifs is 1. The number of alkyl halides is 3. The Labute approximate surface area is 236 Å². The lowest BCUT2D eigenvalue weighted by Crippen LogP contribution is -2.40. The summed E-state index contributed by atoms with van der Waals surface area (Å²) in [6.07, 6.45) is -0.954. The molecule has 0 atom stereocenters. The normalized spacial score (nSPS) is 14.5. The predicted octanol–water partition coefficient (Wildman–Crippen LogP) is 2.84. The van der Waals surface area contributed by atoms with Gasteiger partial charge in [0, 0.05) is 19.3 Å². The second-order valence-electron chi connectivity index (χ2n) is 9.79. The third-order valence-corrected chi connectivity index (χ3v) is 6.84. The Bertz CT molecular complexity index is 1710. The molecule has 1 fully saturated rings. The lowest BCUT2D eigenvalue weighted by molar-refractivity contribution is -0.174. The van der Waals surface area contributed by atoms with Gasteiger partial charge < -0.3 is 14.2 Å². The summed E-state index contributed by atoms with van der Waals surface area (Å²) in [5.41, 5.74) is -0.920. The van der Waals surface area contributed by atoms with Crippen LogP contribution in [0, 0.1) is 5.92 Å². The average Bonchev–Trinajstić information content (AvgIpc) is 3.59. The van der Waals surface area contributed by atoms with E-state index in [0.29, 0.717) is 17.5 Å². The van der Waals surface area contributed by atoms with Gasteiger partial charge in [-0.25, -0.2) is 9.78 Å². The van der Waals surface area contributed by atoms with Crippen LogP contribution < -0.4 is 11.2 Å². The van der Waals surface area contributed by atoms with Gasteiger partial charge in [0.25, 0.3) is 5.56 Å². The molecule has 1 aromatic carbocycles. The van der Waals surface area contributed by atoms with Crippen LogP contribution in [-0.4, -0.2) is 54.4 Å². The summed E-state index contributed by atoms with van der Waals surface area (Å²) in [6.45, 7) is 3.94. The molecule has 12 nitrogen and oxygen atoms in total. The fraction of sp³-hybridized carbons (Fsp3) is 0.444. The van der Waals surface area contributed by atoms with Crippen molar-refractivity contribution in [1.29, 1.82) is 0 Å². The topological polar surface area (TPSA) is 124 Å². The van der Waals surface area contributed by atoms with Crippen LogP contribution in [0.15, 0.2) is 46.2 Å². The first-order chi connectivity index (χ1) is 20.1. The number of esters is 1. The van der Waals surface area contributed by atoms with Crippen LogP contribution in [0.4, 0.5) is 13.2 Å². The van der Waals surface area contributed by atoms with E-state index in [1.807, 2.05) is 6.92 Å². The number of aryl methyl sites for hydroxylation is 1. The average molecular weight is 591 g/mol. The van der Waals surface area contributed by atoms with Crippen molar-refractivity contribution >= 4 is 17.1 Å². The highest BCUT2D eigenvalue weighted by atomic mass is 19.4. The van der Waals surface area contributed by atoms with E-state index in [1.54, 1.807) is 19.2 Å². The van der Waals surface area contributed by atoms with Gasteiger partial charge in [-0.15, -0.1) is 0 Å². The molecule has 3 aromatic heterocycles. The Morgan fingerprint density at radius 2 is 1.88 bits per heavy atom. The molecule has 224 valence electrons. The van der Waals surface area contributed by atoms with E-state index < -0.39 is 41.6 Å². The predicted molar refractivity (Wildman–Crippen MR) is 142 cm³/mol. The first-order valence-corrected chi connectivity index (χ1v) is 13.4. The van der Waals surface area contributed by atoms with E-state index >= 15 is 0 Å². The summed E-state index contributed by atoms with van der Waals surface area (Å²) >= 11 is 0. The molecule has 1 aliphatic rings. The largest absolute Gasteiger partial charge is 0.443 e. The maximum absolute atomic E-state index is 13.6. The molecule has 5 rings (SSSR count). The zero-order valence-electron chi connectivity index (χ0n) is 23.0. The van der Waals surface area contributed by atoms with Crippen molar-refractivity contribution in [2.45, 2.75) is 52.8 Å². The number of hydrogen-bond acceptors (Lipinski definition) is 8. The molecule has 4 heterocycles. The van der Waals surface area contributed by atoms with Crippen molar-refractivity contribution in [2.24, 2.45) is 5.92 Å². The van der Waals surface area contributed by atoms with Gasteiger partial charge in [0.15, 0.2) is 17.9 Å². The van der Waals surface area contributed by atoms with Crippen LogP contribution in [0.25, 0.3) is 22.6 Å². The van der Waals surface area contributed by atoms with Crippen molar-refractivity contribution in [3.05, 3.63) is 68.6 Å². The quantitative estimate of drug-likeness (QED) is 0.273. The van der Waals surface area contributed by atoms with E-state index in [4.69, 9.17) is 14.2 Å². The molecule has 0 radical (unpaired) electrons. The number of halogens is 3. The summed E-state index contributed by atoms with van der Waals surface area (Å²) in [4.78, 5) is 44.1. The van der Waals surface area contributed by atoms with Crippen molar-refractivity contribution in [1.82, 2.24) is 28.5 Å². The fourth-order valence-corrected chi connectivity index (χ4v) is 4.81. The van der Waals surface area contributed by atoms with Crippen LogP contribution >= 0.6 is 0 Å². The number of nitrogens with zero attached hydrogens (tertiary/aromatic N) is 6. The second kappa shape index (κ2) is 11.9. The molecule has 0 amide bonds. The minimum atomic E-state index is -4.48. The molecule has 15 heteroatoms. The first kappa shape index (κ1) is 29.3. The monoisotopic (exact) mass is 590 g/mol. The van der Waals surface area contributed by atoms with Gasteiger partial charge in [-0.3, -0.25) is 28.0 Å². The number of benzene rings is 1. The molecule has 0 aliphatic carbocycles. The number of rotatable bonds is 9. The van der Waals surface area contributed by atoms with Crippen LogP contribution in [0.1, 0.15) is 31.4 Å². The van der Waals surface area contributed by atoms with E-state index in [2.05, 4.69) is 10.1 Å². The van der Waals surface area contributed by atoms with Crippen LogP contribution in [0.3, 0.4) is 0 Å². The number of aromatic nitrogens is 6. The van der Waals surface area contributed by atoms with Gasteiger partial charge in [-0.2, -0.15) is 18.3 Å². The number of imidazole rings is 1. The van der Waals surface area contributed by atoms with E-state index in [1.165, 1.54) is 26.1 Å². The van der Waals surface area contributed by atoms with E-state index in [0.717, 1.165) is 16.7 Å². The number of ether oxygens (including phenoxy) is 3. The Kier molecular flexibility index (Phi) is 8.31. The van der Waals surface area contributed by atoms with Gasteiger partial charge in [0.1, 0.15) is 18.5 Å². The highest BCUT2D eigenvalue weighted by Crippen LogP contribution is 2.30. The number of carbonyl (C=O) groups is 1. The third-order valence-electron chi connectivity index (χ3n) is 6.84. The van der Waals surface area contributed by atoms with Gasteiger partial charge in [-0.05, 0) is 31.0 Å². The Balaban J connectivity index is 1.57. The maximum atomic E-state index is 13.6. The molecule has 1 saturated heterocycles. The molecule has 1 aliphatic heterocycles. The second-order valence-corrected chi connectivity index (χ2v) is 9.79. The molecule has 4 aromatic rings. The molecular weight excluding hydrogens is 561 g/mol. The van der Waals surface area contributed by atoms with Gasteiger partial charge in [0.2, 0.25) is 0 Å². The summed E-state index contributed by atoms with van der Waals surface area (Å²) in [5.74, 6) is -1.06. The molecule has 0 N–H and O–H groups in total. The molecule has 42 heavy (non-hydrogen) atoms. The smallest absolute Gasteiger partial charge is 0.416 e. The first-order valence-electron chi connectivity index (χ1n) is 13.4. The highest BCUT2D eigenvalue weighted by molar-refractivity contribution is 5.77. The van der Waals surface area contributed by atoms with Crippen LogP contribution in [0.5, 0.6) is 0 Å². The Morgan fingerprint density at radius 1 is 1.12 bits per heavy atom. The summed E-state index contributed by atoms with van der Waals surface area (Å²) < 4.78 is 60.8. The Morgan fingerprint density at radius 3 is 2.57 bits per heavy atom. The maximum Gasteiger partial charge on any atom is 0.416 e. The zero-order chi connectivity index (χ0) is 30.0. The van der Waals surface area contributed by atoms with E-state index in [9.17, 15) is 27.6 Å². The number of carbonyl (C=O) groups excluding carboxylic acids is 1. The van der Waals surface area contributed by atoms with E-state index in [-0.39, 0.29) is 56.6 Å². The molecule has 0 bridgehead atoms.